The highest BCUT2D eigenvalue weighted by molar-refractivity contribution is 6.31. The van der Waals surface area contributed by atoms with Crippen LogP contribution >= 0.6 is 23.2 Å². The minimum Gasteiger partial charge on any atom is -0.493 e. The van der Waals surface area contributed by atoms with Crippen LogP contribution in [0.1, 0.15) is 12.8 Å². The van der Waals surface area contributed by atoms with E-state index in [1.807, 2.05) is 0 Å². The normalized spacial score (nSPS) is 16.5. The minimum atomic E-state index is -0.591. The Kier molecular flexibility index (Phi) is 8.13. The molecule has 0 spiro atoms. The van der Waals surface area contributed by atoms with Crippen LogP contribution in [0.2, 0.25) is 10.0 Å². The number of likely N-dealkylation sites (tertiary alicyclic amines) is 1. The van der Waals surface area contributed by atoms with Gasteiger partial charge in [0.1, 0.15) is 23.1 Å². The molecule has 3 rings (SSSR count). The van der Waals surface area contributed by atoms with Crippen LogP contribution in [0, 0.1) is 11.6 Å². The zero-order chi connectivity index (χ0) is 21.5. The zero-order valence-corrected chi connectivity index (χ0v) is 17.7. The highest BCUT2D eigenvalue weighted by Gasteiger charge is 2.23. The number of nitrogens with zero attached hydrogens (tertiary/aromatic N) is 1. The van der Waals surface area contributed by atoms with Crippen molar-refractivity contribution in [2.45, 2.75) is 18.9 Å². The van der Waals surface area contributed by atoms with Gasteiger partial charge in [-0.3, -0.25) is 4.79 Å². The second-order valence-electron chi connectivity index (χ2n) is 7.00. The Morgan fingerprint density at radius 1 is 1.07 bits per heavy atom. The molecule has 1 fully saturated rings. The van der Waals surface area contributed by atoms with Gasteiger partial charge in [-0.1, -0.05) is 23.2 Å². The average molecular weight is 459 g/mol. The Bertz CT molecular complexity index is 885. The highest BCUT2D eigenvalue weighted by Crippen LogP contribution is 2.21. The predicted molar refractivity (Wildman–Crippen MR) is 111 cm³/mol. The molecule has 2 aromatic carbocycles. The quantitative estimate of drug-likeness (QED) is 0.568. The monoisotopic (exact) mass is 458 g/mol. The standard InChI is InChI=1S/C21H22Cl2F2N2O3/c22-17-4-2-15(10-19(17)24)29-9-1-7-27-8-6-14(12-27)26-21(28)13-30-16-3-5-18(23)20(25)11-16/h2-5,10-11,14H,1,6-9,12-13H2,(H,26,28). The van der Waals surface area contributed by atoms with Gasteiger partial charge in [0.15, 0.2) is 6.61 Å². The number of hydrogen-bond acceptors (Lipinski definition) is 4. The molecule has 0 saturated carbocycles. The van der Waals surface area contributed by atoms with Gasteiger partial charge in [-0.25, -0.2) is 8.78 Å². The lowest BCUT2D eigenvalue weighted by molar-refractivity contribution is -0.123. The molecule has 1 heterocycles. The van der Waals surface area contributed by atoms with Crippen LogP contribution in [0.3, 0.4) is 0 Å². The predicted octanol–water partition coefficient (Wildman–Crippen LogP) is 4.31. The molecule has 0 bridgehead atoms. The molecule has 1 amide bonds. The van der Waals surface area contributed by atoms with Gasteiger partial charge in [0.2, 0.25) is 0 Å². The Balaban J connectivity index is 1.31. The Morgan fingerprint density at radius 3 is 2.33 bits per heavy atom. The maximum absolute atomic E-state index is 13.4. The molecule has 0 aromatic heterocycles. The minimum absolute atomic E-state index is 0.00331. The summed E-state index contributed by atoms with van der Waals surface area (Å²) in [6.45, 7) is 2.67. The number of carbonyl (C=O) groups is 1. The third kappa shape index (κ3) is 6.72. The van der Waals surface area contributed by atoms with Gasteiger partial charge in [-0.15, -0.1) is 0 Å². The maximum atomic E-state index is 13.4. The molecule has 0 aliphatic carbocycles. The summed E-state index contributed by atoms with van der Waals surface area (Å²) in [4.78, 5) is 14.3. The fourth-order valence-electron chi connectivity index (χ4n) is 3.18. The summed E-state index contributed by atoms with van der Waals surface area (Å²) in [7, 11) is 0. The lowest BCUT2D eigenvalue weighted by Gasteiger charge is -2.17. The maximum Gasteiger partial charge on any atom is 0.258 e. The smallest absolute Gasteiger partial charge is 0.258 e. The van der Waals surface area contributed by atoms with E-state index in [0.29, 0.717) is 12.4 Å². The number of ether oxygens (including phenoxy) is 2. The van der Waals surface area contributed by atoms with Gasteiger partial charge in [-0.05, 0) is 37.1 Å². The number of carbonyl (C=O) groups excluding carboxylic acids is 1. The van der Waals surface area contributed by atoms with Gasteiger partial charge in [0, 0.05) is 37.8 Å². The second-order valence-corrected chi connectivity index (χ2v) is 7.81. The van der Waals surface area contributed by atoms with Crippen LogP contribution in [0.15, 0.2) is 36.4 Å². The first kappa shape index (κ1) is 22.6. The summed E-state index contributed by atoms with van der Waals surface area (Å²) in [6, 6.07) is 8.44. The van der Waals surface area contributed by atoms with Gasteiger partial charge < -0.3 is 19.7 Å². The molecule has 1 saturated heterocycles. The van der Waals surface area contributed by atoms with Crippen molar-refractivity contribution in [3.05, 3.63) is 58.1 Å². The first-order chi connectivity index (χ1) is 14.4. The van der Waals surface area contributed by atoms with Crippen molar-refractivity contribution in [2.75, 3.05) is 32.8 Å². The van der Waals surface area contributed by atoms with E-state index < -0.39 is 11.6 Å². The van der Waals surface area contributed by atoms with E-state index in [2.05, 4.69) is 10.2 Å². The molecular weight excluding hydrogens is 437 g/mol. The van der Waals surface area contributed by atoms with Gasteiger partial charge in [0.05, 0.1) is 16.7 Å². The molecule has 1 aliphatic heterocycles. The Morgan fingerprint density at radius 2 is 1.70 bits per heavy atom. The van der Waals surface area contributed by atoms with Crippen LogP contribution in [0.5, 0.6) is 11.5 Å². The number of halogens is 4. The second kappa shape index (κ2) is 10.8. The summed E-state index contributed by atoms with van der Waals surface area (Å²) in [6.07, 6.45) is 1.61. The van der Waals surface area contributed by atoms with Crippen molar-refractivity contribution in [3.8, 4) is 11.5 Å². The van der Waals surface area contributed by atoms with Crippen LogP contribution in [0.25, 0.3) is 0 Å². The molecule has 9 heteroatoms. The molecule has 1 unspecified atom stereocenters. The SMILES string of the molecule is O=C(COc1ccc(Cl)c(F)c1)NC1CCN(CCCOc2ccc(Cl)c(F)c2)C1. The van der Waals surface area contributed by atoms with Gasteiger partial charge in [-0.2, -0.15) is 0 Å². The topological polar surface area (TPSA) is 50.8 Å². The van der Waals surface area contributed by atoms with E-state index in [9.17, 15) is 13.6 Å². The molecule has 30 heavy (non-hydrogen) atoms. The zero-order valence-electron chi connectivity index (χ0n) is 16.2. The summed E-state index contributed by atoms with van der Waals surface area (Å²) >= 11 is 11.3. The van der Waals surface area contributed by atoms with Crippen LogP contribution in [-0.2, 0) is 4.79 Å². The van der Waals surface area contributed by atoms with Gasteiger partial charge in [0.25, 0.3) is 5.91 Å². The van der Waals surface area contributed by atoms with E-state index in [4.69, 9.17) is 32.7 Å². The van der Waals surface area contributed by atoms with Gasteiger partial charge >= 0.3 is 0 Å². The average Bonchev–Trinajstić information content (AvgIpc) is 3.16. The van der Waals surface area contributed by atoms with E-state index in [1.165, 1.54) is 24.3 Å². The van der Waals surface area contributed by atoms with Crippen molar-refractivity contribution in [2.24, 2.45) is 0 Å². The number of benzene rings is 2. The number of hydrogen-bond donors (Lipinski definition) is 1. The highest BCUT2D eigenvalue weighted by atomic mass is 35.5. The van der Waals surface area contributed by atoms with E-state index >= 15 is 0 Å². The Hall–Kier alpha value is -2.09. The summed E-state index contributed by atoms with van der Waals surface area (Å²) in [5, 5.41) is 2.99. The van der Waals surface area contributed by atoms with Crippen molar-refractivity contribution in [3.63, 3.8) is 0 Å². The van der Waals surface area contributed by atoms with Crippen molar-refractivity contribution in [1.29, 1.82) is 0 Å². The Labute approximate surface area is 183 Å². The molecule has 162 valence electrons. The summed E-state index contributed by atoms with van der Waals surface area (Å²) in [5.74, 6) is -0.654. The van der Waals surface area contributed by atoms with Crippen molar-refractivity contribution < 1.29 is 23.0 Å². The lowest BCUT2D eigenvalue weighted by atomic mass is 10.2. The number of rotatable bonds is 9. The van der Waals surface area contributed by atoms with E-state index in [0.717, 1.165) is 38.5 Å². The summed E-state index contributed by atoms with van der Waals surface area (Å²) in [5.41, 5.74) is 0. The first-order valence-electron chi connectivity index (χ1n) is 9.58. The molecule has 2 aromatic rings. The number of nitrogens with one attached hydrogen (secondary N) is 1. The third-order valence-electron chi connectivity index (χ3n) is 4.68. The molecule has 1 atom stereocenters. The van der Waals surface area contributed by atoms with Crippen LogP contribution in [-0.4, -0.2) is 49.7 Å². The van der Waals surface area contributed by atoms with E-state index in [1.54, 1.807) is 6.07 Å². The fraction of sp³-hybridized carbons (Fsp3) is 0.381. The molecule has 1 aliphatic rings. The summed E-state index contributed by atoms with van der Waals surface area (Å²) < 4.78 is 37.6. The fourth-order valence-corrected chi connectivity index (χ4v) is 3.42. The van der Waals surface area contributed by atoms with Crippen molar-refractivity contribution >= 4 is 29.1 Å². The van der Waals surface area contributed by atoms with Crippen molar-refractivity contribution in [1.82, 2.24) is 10.2 Å². The van der Waals surface area contributed by atoms with Crippen LogP contribution in [0.4, 0.5) is 8.78 Å². The van der Waals surface area contributed by atoms with E-state index in [-0.39, 0.29) is 34.4 Å². The molecule has 5 nitrogen and oxygen atoms in total. The van der Waals surface area contributed by atoms with Crippen LogP contribution < -0.4 is 14.8 Å². The third-order valence-corrected chi connectivity index (χ3v) is 5.29. The largest absolute Gasteiger partial charge is 0.493 e. The lowest BCUT2D eigenvalue weighted by Crippen LogP contribution is -2.39. The molecule has 1 N–H and O–H groups in total. The molecular formula is C21H22Cl2F2N2O3. The molecule has 0 radical (unpaired) electrons. The first-order valence-corrected chi connectivity index (χ1v) is 10.3. The number of amides is 1.